The fourth-order valence-corrected chi connectivity index (χ4v) is 3.68. The molecule has 0 spiro atoms. The quantitative estimate of drug-likeness (QED) is 0.681. The first-order valence-electron chi connectivity index (χ1n) is 10.0. The number of nitrogens with one attached hydrogen (secondary N) is 1. The standard InChI is InChI=1S/C25H24N2O3/c1-17-5-7-18(8-6-17)25(29)27-15-3-4-19-16-20(9-14-23(19)27)24(28)26-21-10-12-22(30-2)13-11-21/h5-14,16H,3-4,15H2,1-2H3,(H,26,28). The Hall–Kier alpha value is -3.60. The van der Waals surface area contributed by atoms with E-state index in [0.717, 1.165) is 35.4 Å². The van der Waals surface area contributed by atoms with Gasteiger partial charge in [0.1, 0.15) is 5.75 Å². The van der Waals surface area contributed by atoms with Crippen LogP contribution < -0.4 is 15.0 Å². The number of aryl methyl sites for hydroxylation is 2. The first-order valence-corrected chi connectivity index (χ1v) is 10.0. The predicted octanol–water partition coefficient (Wildman–Crippen LogP) is 4.85. The number of carbonyl (C=O) groups excluding carboxylic acids is 2. The lowest BCUT2D eigenvalue weighted by Crippen LogP contribution is -2.35. The first kappa shape index (κ1) is 19.7. The van der Waals surface area contributed by atoms with Gasteiger partial charge in [-0.3, -0.25) is 9.59 Å². The average Bonchev–Trinajstić information content (AvgIpc) is 2.79. The van der Waals surface area contributed by atoms with E-state index >= 15 is 0 Å². The Labute approximate surface area is 176 Å². The Bertz CT molecular complexity index is 1070. The maximum atomic E-state index is 13.0. The van der Waals surface area contributed by atoms with Crippen LogP contribution in [0.25, 0.3) is 0 Å². The number of methoxy groups -OCH3 is 1. The number of benzene rings is 3. The van der Waals surface area contributed by atoms with E-state index in [2.05, 4.69) is 5.32 Å². The smallest absolute Gasteiger partial charge is 0.258 e. The van der Waals surface area contributed by atoms with Crippen LogP contribution in [0.1, 0.15) is 38.3 Å². The molecule has 3 aromatic carbocycles. The zero-order valence-corrected chi connectivity index (χ0v) is 17.1. The maximum absolute atomic E-state index is 13.0. The summed E-state index contributed by atoms with van der Waals surface area (Å²) in [5.74, 6) is 0.552. The van der Waals surface area contributed by atoms with Gasteiger partial charge in [0, 0.05) is 29.0 Å². The van der Waals surface area contributed by atoms with Crippen molar-refractivity contribution in [2.45, 2.75) is 19.8 Å². The molecular formula is C25H24N2O3. The molecule has 5 heteroatoms. The van der Waals surface area contributed by atoms with Gasteiger partial charge in [-0.1, -0.05) is 17.7 Å². The molecule has 1 N–H and O–H groups in total. The van der Waals surface area contributed by atoms with E-state index in [4.69, 9.17) is 4.74 Å². The highest BCUT2D eigenvalue weighted by molar-refractivity contribution is 6.08. The Kier molecular flexibility index (Phi) is 5.53. The molecule has 1 aliphatic heterocycles. The largest absolute Gasteiger partial charge is 0.497 e. The number of fused-ring (bicyclic) bond motifs is 1. The van der Waals surface area contributed by atoms with Crippen molar-refractivity contribution in [3.8, 4) is 5.75 Å². The van der Waals surface area contributed by atoms with E-state index in [1.807, 2.05) is 48.2 Å². The molecule has 2 amide bonds. The Morgan fingerprint density at radius 2 is 1.63 bits per heavy atom. The summed E-state index contributed by atoms with van der Waals surface area (Å²) in [5.41, 5.74) is 4.98. The van der Waals surface area contributed by atoms with Gasteiger partial charge in [0.05, 0.1) is 7.11 Å². The minimum atomic E-state index is -0.176. The molecule has 0 saturated heterocycles. The third-order valence-corrected chi connectivity index (χ3v) is 5.35. The number of carbonyl (C=O) groups is 2. The van der Waals surface area contributed by atoms with Crippen LogP contribution in [-0.4, -0.2) is 25.5 Å². The second kappa shape index (κ2) is 8.41. The van der Waals surface area contributed by atoms with Crippen molar-refractivity contribution in [2.24, 2.45) is 0 Å². The van der Waals surface area contributed by atoms with E-state index in [1.165, 1.54) is 0 Å². The normalized spacial score (nSPS) is 12.8. The lowest BCUT2D eigenvalue weighted by Gasteiger charge is -2.30. The predicted molar refractivity (Wildman–Crippen MR) is 119 cm³/mol. The van der Waals surface area contributed by atoms with E-state index < -0.39 is 0 Å². The van der Waals surface area contributed by atoms with E-state index in [0.29, 0.717) is 23.4 Å². The third kappa shape index (κ3) is 4.06. The Morgan fingerprint density at radius 3 is 2.33 bits per heavy atom. The summed E-state index contributed by atoms with van der Waals surface area (Å²) in [4.78, 5) is 27.5. The average molecular weight is 400 g/mol. The molecule has 1 aliphatic rings. The van der Waals surface area contributed by atoms with Crippen molar-refractivity contribution in [3.63, 3.8) is 0 Å². The number of rotatable bonds is 4. The molecule has 3 aromatic rings. The highest BCUT2D eigenvalue weighted by atomic mass is 16.5. The second-order valence-corrected chi connectivity index (χ2v) is 7.45. The summed E-state index contributed by atoms with van der Waals surface area (Å²) in [6.45, 7) is 2.68. The second-order valence-electron chi connectivity index (χ2n) is 7.45. The topological polar surface area (TPSA) is 58.6 Å². The summed E-state index contributed by atoms with van der Waals surface area (Å²) < 4.78 is 5.14. The molecule has 0 saturated carbocycles. The van der Waals surface area contributed by atoms with Crippen molar-refractivity contribution in [1.82, 2.24) is 0 Å². The Morgan fingerprint density at radius 1 is 0.933 bits per heavy atom. The van der Waals surface area contributed by atoms with Gasteiger partial charge in [0.25, 0.3) is 11.8 Å². The maximum Gasteiger partial charge on any atom is 0.258 e. The molecule has 30 heavy (non-hydrogen) atoms. The van der Waals surface area contributed by atoms with Gasteiger partial charge in [-0.25, -0.2) is 0 Å². The van der Waals surface area contributed by atoms with Crippen molar-refractivity contribution >= 4 is 23.2 Å². The lowest BCUT2D eigenvalue weighted by molar-refractivity contribution is 0.0984. The van der Waals surface area contributed by atoms with Gasteiger partial charge in [-0.2, -0.15) is 0 Å². The highest BCUT2D eigenvalue weighted by Gasteiger charge is 2.24. The van der Waals surface area contributed by atoms with Gasteiger partial charge < -0.3 is 15.0 Å². The zero-order valence-electron chi connectivity index (χ0n) is 17.1. The molecule has 0 bridgehead atoms. The van der Waals surface area contributed by atoms with Crippen LogP contribution in [0, 0.1) is 6.92 Å². The number of hydrogen-bond donors (Lipinski definition) is 1. The summed E-state index contributed by atoms with van der Waals surface area (Å²) in [6, 6.07) is 20.4. The van der Waals surface area contributed by atoms with Crippen LogP contribution in [-0.2, 0) is 6.42 Å². The van der Waals surface area contributed by atoms with Crippen molar-refractivity contribution < 1.29 is 14.3 Å². The van der Waals surface area contributed by atoms with Crippen LogP contribution in [0.15, 0.2) is 66.7 Å². The van der Waals surface area contributed by atoms with Gasteiger partial charge in [-0.15, -0.1) is 0 Å². The molecular weight excluding hydrogens is 376 g/mol. The lowest BCUT2D eigenvalue weighted by atomic mass is 9.98. The number of ether oxygens (including phenoxy) is 1. The van der Waals surface area contributed by atoms with Crippen LogP contribution in [0.2, 0.25) is 0 Å². The van der Waals surface area contributed by atoms with E-state index in [1.54, 1.807) is 37.4 Å². The SMILES string of the molecule is COc1ccc(NC(=O)c2ccc3c(c2)CCCN3C(=O)c2ccc(C)cc2)cc1. The molecule has 0 atom stereocenters. The molecule has 0 aromatic heterocycles. The van der Waals surface area contributed by atoms with Crippen molar-refractivity contribution in [3.05, 3.63) is 89.0 Å². The minimum absolute atomic E-state index is 0.00798. The van der Waals surface area contributed by atoms with Crippen LogP contribution in [0.4, 0.5) is 11.4 Å². The van der Waals surface area contributed by atoms with Gasteiger partial charge >= 0.3 is 0 Å². The van der Waals surface area contributed by atoms with Gasteiger partial charge in [0.2, 0.25) is 0 Å². The summed E-state index contributed by atoms with van der Waals surface area (Å²) in [7, 11) is 1.60. The summed E-state index contributed by atoms with van der Waals surface area (Å²) in [6.07, 6.45) is 1.71. The van der Waals surface area contributed by atoms with E-state index in [9.17, 15) is 9.59 Å². The van der Waals surface area contributed by atoms with Crippen LogP contribution >= 0.6 is 0 Å². The minimum Gasteiger partial charge on any atom is -0.497 e. The number of nitrogens with zero attached hydrogens (tertiary/aromatic N) is 1. The number of anilines is 2. The monoisotopic (exact) mass is 400 g/mol. The summed E-state index contributed by atoms with van der Waals surface area (Å²) in [5, 5.41) is 2.91. The van der Waals surface area contributed by atoms with Crippen molar-refractivity contribution in [2.75, 3.05) is 23.9 Å². The third-order valence-electron chi connectivity index (χ3n) is 5.35. The molecule has 152 valence electrons. The molecule has 1 heterocycles. The summed E-state index contributed by atoms with van der Waals surface area (Å²) >= 11 is 0. The molecule has 4 rings (SSSR count). The fraction of sp³-hybridized carbons (Fsp3) is 0.200. The van der Waals surface area contributed by atoms with Gasteiger partial charge in [-0.05, 0) is 79.9 Å². The zero-order chi connectivity index (χ0) is 21.1. The van der Waals surface area contributed by atoms with Gasteiger partial charge in [0.15, 0.2) is 0 Å². The molecule has 0 unspecified atom stereocenters. The van der Waals surface area contributed by atoms with Crippen LogP contribution in [0.3, 0.4) is 0 Å². The molecule has 0 radical (unpaired) electrons. The highest BCUT2D eigenvalue weighted by Crippen LogP contribution is 2.30. The number of amides is 2. The fourth-order valence-electron chi connectivity index (χ4n) is 3.68. The first-order chi connectivity index (χ1) is 14.5. The molecule has 0 fully saturated rings. The molecule has 5 nitrogen and oxygen atoms in total. The van der Waals surface area contributed by atoms with Crippen molar-refractivity contribution in [1.29, 1.82) is 0 Å². The Balaban J connectivity index is 1.54. The number of hydrogen-bond acceptors (Lipinski definition) is 3. The van der Waals surface area contributed by atoms with Crippen LogP contribution in [0.5, 0.6) is 5.75 Å². The molecule has 0 aliphatic carbocycles. The van der Waals surface area contributed by atoms with E-state index in [-0.39, 0.29) is 11.8 Å².